The van der Waals surface area contributed by atoms with Crippen molar-refractivity contribution >= 4 is 17.3 Å². The van der Waals surface area contributed by atoms with Crippen LogP contribution >= 0.6 is 0 Å². The van der Waals surface area contributed by atoms with Gasteiger partial charge in [-0.3, -0.25) is 0 Å². The summed E-state index contributed by atoms with van der Waals surface area (Å²) < 4.78 is 5.04. The van der Waals surface area contributed by atoms with E-state index in [1.165, 1.54) is 11.3 Å². The zero-order chi connectivity index (χ0) is 14.5. The van der Waals surface area contributed by atoms with E-state index in [2.05, 4.69) is 44.5 Å². The summed E-state index contributed by atoms with van der Waals surface area (Å²) in [5, 5.41) is 3.25. The van der Waals surface area contributed by atoms with Crippen LogP contribution in [0.15, 0.2) is 36.7 Å². The molecule has 110 valence electrons. The minimum Gasteiger partial charge on any atom is -0.383 e. The molecule has 0 saturated carbocycles. The second kappa shape index (κ2) is 6.54. The van der Waals surface area contributed by atoms with E-state index >= 15 is 0 Å². The van der Waals surface area contributed by atoms with Crippen LogP contribution in [-0.2, 0) is 11.2 Å². The maximum absolute atomic E-state index is 5.04. The van der Waals surface area contributed by atoms with Gasteiger partial charge in [0.1, 0.15) is 18.0 Å². The average Bonchev–Trinajstić information content (AvgIpc) is 2.55. The van der Waals surface area contributed by atoms with Crippen LogP contribution in [0.5, 0.6) is 0 Å². The highest BCUT2D eigenvalue weighted by molar-refractivity contribution is 5.66. The van der Waals surface area contributed by atoms with Gasteiger partial charge in [-0.15, -0.1) is 0 Å². The number of anilines is 3. The number of aromatic nitrogens is 2. The first-order valence-corrected chi connectivity index (χ1v) is 7.29. The molecule has 1 aliphatic rings. The van der Waals surface area contributed by atoms with E-state index in [1.807, 2.05) is 6.07 Å². The molecule has 2 heterocycles. The predicted molar refractivity (Wildman–Crippen MR) is 84.2 cm³/mol. The molecule has 0 saturated heterocycles. The molecule has 21 heavy (non-hydrogen) atoms. The highest BCUT2D eigenvalue weighted by Crippen LogP contribution is 2.32. The summed E-state index contributed by atoms with van der Waals surface area (Å²) in [4.78, 5) is 11.0. The molecule has 1 aromatic carbocycles. The van der Waals surface area contributed by atoms with Crippen LogP contribution in [0, 0.1) is 0 Å². The van der Waals surface area contributed by atoms with Gasteiger partial charge in [-0.05, 0) is 24.5 Å². The monoisotopic (exact) mass is 284 g/mol. The van der Waals surface area contributed by atoms with E-state index in [9.17, 15) is 0 Å². The van der Waals surface area contributed by atoms with Crippen LogP contribution in [0.4, 0.5) is 17.3 Å². The molecular weight excluding hydrogens is 264 g/mol. The molecule has 1 aliphatic heterocycles. The Balaban J connectivity index is 1.83. The number of fused-ring (bicyclic) bond motifs is 1. The van der Waals surface area contributed by atoms with Crippen molar-refractivity contribution in [3.63, 3.8) is 0 Å². The number of nitrogens with one attached hydrogen (secondary N) is 1. The van der Waals surface area contributed by atoms with Crippen LogP contribution in [0.3, 0.4) is 0 Å². The maximum atomic E-state index is 5.04. The minimum absolute atomic E-state index is 0.659. The average molecular weight is 284 g/mol. The quantitative estimate of drug-likeness (QED) is 0.855. The summed E-state index contributed by atoms with van der Waals surface area (Å²) in [5.74, 6) is 1.78. The normalized spacial score (nSPS) is 13.9. The summed E-state index contributed by atoms with van der Waals surface area (Å²) in [6, 6.07) is 10.5. The van der Waals surface area contributed by atoms with Crippen LogP contribution in [-0.4, -0.2) is 36.8 Å². The summed E-state index contributed by atoms with van der Waals surface area (Å²) in [7, 11) is 1.69. The highest BCUT2D eigenvalue weighted by Gasteiger charge is 2.18. The van der Waals surface area contributed by atoms with Crippen molar-refractivity contribution in [2.75, 3.05) is 37.0 Å². The van der Waals surface area contributed by atoms with E-state index in [-0.39, 0.29) is 0 Å². The summed E-state index contributed by atoms with van der Waals surface area (Å²) in [6.45, 7) is 2.39. The zero-order valence-electron chi connectivity index (χ0n) is 12.2. The second-order valence-electron chi connectivity index (χ2n) is 5.06. The van der Waals surface area contributed by atoms with E-state index in [0.29, 0.717) is 6.61 Å². The van der Waals surface area contributed by atoms with Gasteiger partial charge in [-0.2, -0.15) is 0 Å². The molecule has 1 aromatic heterocycles. The maximum Gasteiger partial charge on any atom is 0.138 e. The molecule has 2 aromatic rings. The Morgan fingerprint density at radius 1 is 1.29 bits per heavy atom. The minimum atomic E-state index is 0.659. The molecule has 0 unspecified atom stereocenters. The predicted octanol–water partition coefficient (Wildman–Crippen LogP) is 2.62. The Hall–Kier alpha value is -2.14. The van der Waals surface area contributed by atoms with Crippen molar-refractivity contribution in [2.45, 2.75) is 12.8 Å². The summed E-state index contributed by atoms with van der Waals surface area (Å²) in [5.41, 5.74) is 2.64. The molecule has 3 rings (SSSR count). The first-order chi connectivity index (χ1) is 10.4. The fourth-order valence-corrected chi connectivity index (χ4v) is 2.64. The SMILES string of the molecule is COCCNc1cc(N2CCCc3ccccc32)ncn1. The number of methoxy groups -OCH3 is 1. The molecule has 5 heteroatoms. The fraction of sp³-hybridized carbons (Fsp3) is 0.375. The molecule has 0 radical (unpaired) electrons. The lowest BCUT2D eigenvalue weighted by Gasteiger charge is -2.30. The van der Waals surface area contributed by atoms with E-state index in [4.69, 9.17) is 4.74 Å². The molecule has 0 aliphatic carbocycles. The van der Waals surface area contributed by atoms with Gasteiger partial charge in [0, 0.05) is 32.0 Å². The first-order valence-electron chi connectivity index (χ1n) is 7.29. The smallest absolute Gasteiger partial charge is 0.138 e. The fourth-order valence-electron chi connectivity index (χ4n) is 2.64. The Morgan fingerprint density at radius 3 is 3.10 bits per heavy atom. The van der Waals surface area contributed by atoms with Crippen LogP contribution in [0.1, 0.15) is 12.0 Å². The third-order valence-electron chi connectivity index (χ3n) is 3.65. The number of nitrogens with zero attached hydrogens (tertiary/aromatic N) is 3. The van der Waals surface area contributed by atoms with Gasteiger partial charge in [0.2, 0.25) is 0 Å². The van der Waals surface area contributed by atoms with Crippen LogP contribution < -0.4 is 10.2 Å². The first kappa shape index (κ1) is 13.8. The third-order valence-corrected chi connectivity index (χ3v) is 3.65. The number of hydrogen-bond donors (Lipinski definition) is 1. The van der Waals surface area contributed by atoms with Gasteiger partial charge in [0.15, 0.2) is 0 Å². The van der Waals surface area contributed by atoms with Gasteiger partial charge < -0.3 is 15.0 Å². The molecule has 0 bridgehead atoms. The third kappa shape index (κ3) is 3.13. The van der Waals surface area contributed by atoms with Gasteiger partial charge in [-0.25, -0.2) is 9.97 Å². The summed E-state index contributed by atoms with van der Waals surface area (Å²) >= 11 is 0. The Bertz CT molecular complexity index is 602. The summed E-state index contributed by atoms with van der Waals surface area (Å²) in [6.07, 6.45) is 3.89. The molecule has 5 nitrogen and oxygen atoms in total. The number of benzene rings is 1. The number of aryl methyl sites for hydroxylation is 1. The second-order valence-corrected chi connectivity index (χ2v) is 5.06. The Kier molecular flexibility index (Phi) is 4.31. The van der Waals surface area contributed by atoms with Gasteiger partial charge in [0.25, 0.3) is 0 Å². The van der Waals surface area contributed by atoms with Gasteiger partial charge in [0.05, 0.1) is 6.61 Å². The molecule has 0 atom stereocenters. The standard InChI is InChI=1S/C16H20N4O/c1-21-10-8-17-15-11-16(19-12-18-15)20-9-4-6-13-5-2-3-7-14(13)20/h2-3,5,7,11-12H,4,6,8-10H2,1H3,(H,17,18,19). The lowest BCUT2D eigenvalue weighted by molar-refractivity contribution is 0.210. The number of para-hydroxylation sites is 1. The zero-order valence-corrected chi connectivity index (χ0v) is 12.2. The molecule has 0 spiro atoms. The Morgan fingerprint density at radius 2 is 2.19 bits per heavy atom. The van der Waals surface area contributed by atoms with Gasteiger partial charge in [-0.1, -0.05) is 18.2 Å². The largest absolute Gasteiger partial charge is 0.383 e. The van der Waals surface area contributed by atoms with Crippen LogP contribution in [0.2, 0.25) is 0 Å². The molecule has 0 amide bonds. The van der Waals surface area contributed by atoms with Crippen molar-refractivity contribution in [1.82, 2.24) is 9.97 Å². The van der Waals surface area contributed by atoms with Crippen molar-refractivity contribution < 1.29 is 4.74 Å². The number of rotatable bonds is 5. The lowest BCUT2D eigenvalue weighted by Crippen LogP contribution is -2.25. The van der Waals surface area contributed by atoms with Crippen molar-refractivity contribution in [3.05, 3.63) is 42.2 Å². The Labute approximate surface area is 125 Å². The van der Waals surface area contributed by atoms with Crippen molar-refractivity contribution in [1.29, 1.82) is 0 Å². The topological polar surface area (TPSA) is 50.3 Å². The van der Waals surface area contributed by atoms with E-state index < -0.39 is 0 Å². The van der Waals surface area contributed by atoms with E-state index in [0.717, 1.165) is 37.6 Å². The number of hydrogen-bond acceptors (Lipinski definition) is 5. The molecule has 0 fully saturated rings. The molecule has 1 N–H and O–H groups in total. The molecular formula is C16H20N4O. The highest BCUT2D eigenvalue weighted by atomic mass is 16.5. The number of ether oxygens (including phenoxy) is 1. The van der Waals surface area contributed by atoms with E-state index in [1.54, 1.807) is 13.4 Å². The van der Waals surface area contributed by atoms with Crippen molar-refractivity contribution in [2.24, 2.45) is 0 Å². The van der Waals surface area contributed by atoms with Crippen molar-refractivity contribution in [3.8, 4) is 0 Å². The van der Waals surface area contributed by atoms with Gasteiger partial charge >= 0.3 is 0 Å². The lowest BCUT2D eigenvalue weighted by atomic mass is 10.0. The van der Waals surface area contributed by atoms with Crippen LogP contribution in [0.25, 0.3) is 0 Å².